The summed E-state index contributed by atoms with van der Waals surface area (Å²) in [4.78, 5) is 39.2. The number of nitrogens with zero attached hydrogens (tertiary/aromatic N) is 3. The summed E-state index contributed by atoms with van der Waals surface area (Å²) >= 11 is 7.75. The number of rotatable bonds is 10. The number of hydrogen-bond acceptors (Lipinski definition) is 8. The Morgan fingerprint density at radius 3 is 2.32 bits per heavy atom. The second kappa shape index (κ2) is 13.1. The van der Waals surface area contributed by atoms with Gasteiger partial charge in [-0.3, -0.25) is 24.6 Å². The van der Waals surface area contributed by atoms with Gasteiger partial charge in [0.1, 0.15) is 18.8 Å². The highest BCUT2D eigenvalue weighted by Gasteiger charge is 2.40. The SMILES string of the molecule is CCc1ccc(N2C(=O)/C(=C/c3cc(I)c(OCc4ccc([N+](=O)[O-])cc4)c(OC)c3)N(CC(=O)OC)C2=S)cc1. The number of hydrogen-bond donors (Lipinski definition) is 0. The van der Waals surface area contributed by atoms with Gasteiger partial charge in [-0.25, -0.2) is 0 Å². The molecule has 1 aliphatic rings. The lowest BCUT2D eigenvalue weighted by atomic mass is 10.1. The fourth-order valence-electron chi connectivity index (χ4n) is 4.13. The van der Waals surface area contributed by atoms with Crippen LogP contribution in [0.3, 0.4) is 0 Å². The fourth-order valence-corrected chi connectivity index (χ4v) is 5.26. The lowest BCUT2D eigenvalue weighted by Crippen LogP contribution is -2.35. The number of thiocarbonyl (C=S) groups is 1. The number of ether oxygens (including phenoxy) is 3. The van der Waals surface area contributed by atoms with Gasteiger partial charge in [0.2, 0.25) is 0 Å². The molecule has 4 rings (SSSR count). The maximum absolute atomic E-state index is 13.7. The maximum atomic E-state index is 13.7. The van der Waals surface area contributed by atoms with E-state index in [9.17, 15) is 19.7 Å². The van der Waals surface area contributed by atoms with Crippen LogP contribution in [0.5, 0.6) is 11.5 Å². The largest absolute Gasteiger partial charge is 0.493 e. The van der Waals surface area contributed by atoms with Gasteiger partial charge < -0.3 is 19.1 Å². The van der Waals surface area contributed by atoms with E-state index >= 15 is 0 Å². The number of aryl methyl sites for hydroxylation is 1. The van der Waals surface area contributed by atoms with Gasteiger partial charge >= 0.3 is 5.97 Å². The average Bonchev–Trinajstić information content (AvgIpc) is 3.20. The molecule has 1 fully saturated rings. The second-order valence-corrected chi connectivity index (χ2v) is 10.4. The van der Waals surface area contributed by atoms with Crippen molar-refractivity contribution >= 4 is 69.2 Å². The van der Waals surface area contributed by atoms with Crippen LogP contribution in [-0.4, -0.2) is 47.6 Å². The first-order valence-electron chi connectivity index (χ1n) is 12.4. The molecule has 3 aromatic rings. The summed E-state index contributed by atoms with van der Waals surface area (Å²) in [5.41, 5.74) is 3.28. The van der Waals surface area contributed by atoms with Gasteiger partial charge in [0.05, 0.1) is 28.4 Å². The third kappa shape index (κ3) is 6.65. The molecule has 12 heteroatoms. The van der Waals surface area contributed by atoms with Crippen LogP contribution in [0.4, 0.5) is 11.4 Å². The number of esters is 1. The van der Waals surface area contributed by atoms with Crippen molar-refractivity contribution < 1.29 is 28.7 Å². The van der Waals surface area contributed by atoms with Crippen LogP contribution >= 0.6 is 34.8 Å². The normalized spacial score (nSPS) is 14.0. The molecule has 41 heavy (non-hydrogen) atoms. The van der Waals surface area contributed by atoms with E-state index in [1.165, 1.54) is 36.2 Å². The number of nitro groups is 1. The average molecular weight is 688 g/mol. The van der Waals surface area contributed by atoms with Crippen LogP contribution < -0.4 is 14.4 Å². The summed E-state index contributed by atoms with van der Waals surface area (Å²) in [7, 11) is 2.78. The van der Waals surface area contributed by atoms with Gasteiger partial charge in [0.25, 0.3) is 11.6 Å². The molecule has 1 aliphatic heterocycles. The van der Waals surface area contributed by atoms with Crippen molar-refractivity contribution in [1.82, 2.24) is 4.90 Å². The standard InChI is InChI=1S/C29H26IN3O7S/c1-4-18-5-9-21(10-6-18)32-28(35)24(31(29(32)41)16-26(34)39-3)14-20-13-23(30)27(25(15-20)38-2)40-17-19-7-11-22(12-8-19)33(36)37/h5-15H,4,16-17H2,1-3H3/b24-14-. The van der Waals surface area contributed by atoms with Gasteiger partial charge in [0, 0.05) is 12.1 Å². The lowest BCUT2D eigenvalue weighted by molar-refractivity contribution is -0.384. The molecule has 0 radical (unpaired) electrons. The molecule has 3 aromatic carbocycles. The molecule has 1 amide bonds. The first-order valence-corrected chi connectivity index (χ1v) is 13.9. The topological polar surface area (TPSA) is 111 Å². The first-order chi connectivity index (χ1) is 19.7. The van der Waals surface area contributed by atoms with Gasteiger partial charge in [-0.2, -0.15) is 0 Å². The van der Waals surface area contributed by atoms with Crippen molar-refractivity contribution in [2.45, 2.75) is 20.0 Å². The van der Waals surface area contributed by atoms with Crippen LogP contribution in [0.15, 0.2) is 66.4 Å². The fraction of sp³-hybridized carbons (Fsp3) is 0.207. The molecule has 10 nitrogen and oxygen atoms in total. The first kappa shape index (κ1) is 29.9. The van der Waals surface area contributed by atoms with Crippen LogP contribution in [0.2, 0.25) is 0 Å². The molecule has 0 aromatic heterocycles. The van der Waals surface area contributed by atoms with E-state index in [-0.39, 0.29) is 35.6 Å². The second-order valence-electron chi connectivity index (χ2n) is 8.88. The third-order valence-electron chi connectivity index (χ3n) is 6.34. The number of carbonyl (C=O) groups is 2. The predicted molar refractivity (Wildman–Crippen MR) is 166 cm³/mol. The minimum atomic E-state index is -0.545. The Morgan fingerprint density at radius 1 is 1.07 bits per heavy atom. The molecule has 0 N–H and O–H groups in total. The van der Waals surface area contributed by atoms with E-state index in [2.05, 4.69) is 22.6 Å². The maximum Gasteiger partial charge on any atom is 0.325 e. The zero-order valence-corrected chi connectivity index (χ0v) is 25.4. The number of nitro benzene ring substituents is 1. The lowest BCUT2D eigenvalue weighted by Gasteiger charge is -2.19. The Kier molecular flexibility index (Phi) is 9.55. The molecule has 1 heterocycles. The van der Waals surface area contributed by atoms with Crippen molar-refractivity contribution in [2.75, 3.05) is 25.7 Å². The molecule has 212 valence electrons. The molecule has 1 saturated heterocycles. The monoisotopic (exact) mass is 687 g/mol. The van der Waals surface area contributed by atoms with Crippen LogP contribution in [-0.2, 0) is 27.4 Å². The van der Waals surface area contributed by atoms with Gasteiger partial charge in [-0.1, -0.05) is 19.1 Å². The summed E-state index contributed by atoms with van der Waals surface area (Å²) in [5.74, 6) is -0.0249. The van der Waals surface area contributed by atoms with E-state index in [0.29, 0.717) is 26.3 Å². The molecule has 0 saturated carbocycles. The summed E-state index contributed by atoms with van der Waals surface area (Å²) in [6.45, 7) is 1.97. The van der Waals surface area contributed by atoms with Crippen LogP contribution in [0.25, 0.3) is 6.08 Å². The number of non-ortho nitro benzene ring substituents is 1. The van der Waals surface area contributed by atoms with Crippen molar-refractivity contribution in [3.05, 3.63) is 96.7 Å². The Morgan fingerprint density at radius 2 is 1.73 bits per heavy atom. The van der Waals surface area contributed by atoms with E-state index < -0.39 is 10.9 Å². The molecular weight excluding hydrogens is 661 g/mol. The third-order valence-corrected chi connectivity index (χ3v) is 7.54. The van der Waals surface area contributed by atoms with Crippen LogP contribution in [0.1, 0.15) is 23.6 Å². The van der Waals surface area contributed by atoms with E-state index in [1.807, 2.05) is 37.3 Å². The van der Waals surface area contributed by atoms with Crippen molar-refractivity contribution in [3.8, 4) is 11.5 Å². The van der Waals surface area contributed by atoms with Crippen molar-refractivity contribution in [3.63, 3.8) is 0 Å². The molecule has 0 bridgehead atoms. The highest BCUT2D eigenvalue weighted by Crippen LogP contribution is 2.36. The number of amides is 1. The Hall–Kier alpha value is -4.04. The zero-order valence-electron chi connectivity index (χ0n) is 22.5. The van der Waals surface area contributed by atoms with E-state index in [0.717, 1.165) is 17.5 Å². The van der Waals surface area contributed by atoms with E-state index in [4.69, 9.17) is 26.4 Å². The Labute approximate surface area is 255 Å². The summed E-state index contributed by atoms with van der Waals surface area (Å²) in [5, 5.41) is 11.1. The zero-order chi connectivity index (χ0) is 29.7. The summed E-state index contributed by atoms with van der Waals surface area (Å²) < 4.78 is 17.1. The minimum Gasteiger partial charge on any atom is -0.493 e. The summed E-state index contributed by atoms with van der Waals surface area (Å²) in [6.07, 6.45) is 2.50. The number of anilines is 1. The highest BCUT2D eigenvalue weighted by molar-refractivity contribution is 14.1. The van der Waals surface area contributed by atoms with Crippen molar-refractivity contribution in [2.24, 2.45) is 0 Å². The number of benzene rings is 3. The number of carbonyl (C=O) groups excluding carboxylic acids is 2. The molecule has 0 unspecified atom stereocenters. The Balaban J connectivity index is 1.65. The van der Waals surface area contributed by atoms with Crippen molar-refractivity contribution in [1.29, 1.82) is 0 Å². The van der Waals surface area contributed by atoms with Gasteiger partial charge in [0.15, 0.2) is 16.6 Å². The number of methoxy groups -OCH3 is 2. The van der Waals surface area contributed by atoms with E-state index in [1.54, 1.807) is 24.3 Å². The molecule has 0 spiro atoms. The predicted octanol–water partition coefficient (Wildman–Crippen LogP) is 5.50. The summed E-state index contributed by atoms with van der Waals surface area (Å²) in [6, 6.07) is 17.1. The smallest absolute Gasteiger partial charge is 0.325 e. The molecular formula is C29H26IN3O7S. The number of halogens is 1. The minimum absolute atomic E-state index is 0.00275. The highest BCUT2D eigenvalue weighted by atomic mass is 127. The Bertz CT molecular complexity index is 1520. The quantitative estimate of drug-likeness (QED) is 0.0682. The van der Waals surface area contributed by atoms with Gasteiger partial charge in [-0.05, 0) is 100 Å². The molecule has 0 aliphatic carbocycles. The van der Waals surface area contributed by atoms with Crippen LogP contribution in [0, 0.1) is 13.7 Å². The van der Waals surface area contributed by atoms with Gasteiger partial charge in [-0.15, -0.1) is 0 Å². The molecule has 0 atom stereocenters.